The number of hydrogen-bond acceptors (Lipinski definition) is 5. The Kier molecular flexibility index (Phi) is 5.70. The molecule has 0 bridgehead atoms. The Labute approximate surface area is 178 Å². The van der Waals surface area contributed by atoms with Gasteiger partial charge in [-0.1, -0.05) is 23.4 Å². The molecule has 2 aromatic carbocycles. The third-order valence-corrected chi connectivity index (χ3v) is 4.85. The molecule has 1 atom stereocenters. The molecule has 0 saturated carbocycles. The first-order chi connectivity index (χ1) is 15.1. The number of pyridine rings is 1. The normalized spacial score (nSPS) is 11.7. The number of carbonyl (C=O) groups excluding carboxylic acids is 1. The maximum absolute atomic E-state index is 13.2. The van der Waals surface area contributed by atoms with Gasteiger partial charge in [-0.05, 0) is 48.9 Å². The predicted octanol–water partition coefficient (Wildman–Crippen LogP) is 3.97. The Morgan fingerprint density at radius 1 is 1.10 bits per heavy atom. The number of hydrogen-bond donors (Lipinski definition) is 1. The summed E-state index contributed by atoms with van der Waals surface area (Å²) in [5.41, 5.74) is 2.91. The van der Waals surface area contributed by atoms with Crippen LogP contribution in [0.1, 0.15) is 29.0 Å². The van der Waals surface area contributed by atoms with E-state index in [1.165, 1.54) is 12.1 Å². The minimum absolute atomic E-state index is 0.169. The molecule has 0 spiro atoms. The first kappa shape index (κ1) is 20.2. The van der Waals surface area contributed by atoms with E-state index < -0.39 is 5.91 Å². The van der Waals surface area contributed by atoms with Crippen molar-refractivity contribution in [2.45, 2.75) is 13.0 Å². The fourth-order valence-electron chi connectivity index (χ4n) is 3.23. The summed E-state index contributed by atoms with van der Waals surface area (Å²) in [5, 5.41) is 11.3. The van der Waals surface area contributed by atoms with Crippen LogP contribution in [0.15, 0.2) is 73.1 Å². The van der Waals surface area contributed by atoms with E-state index >= 15 is 0 Å². The van der Waals surface area contributed by atoms with Crippen LogP contribution in [-0.4, -0.2) is 33.0 Å². The van der Waals surface area contributed by atoms with E-state index in [1.807, 2.05) is 31.2 Å². The van der Waals surface area contributed by atoms with Crippen molar-refractivity contribution in [3.8, 4) is 22.7 Å². The number of benzene rings is 2. The maximum Gasteiger partial charge on any atom is 0.274 e. The standard InChI is InChI=1S/C23H20FN5O2/c1-15(16-6-8-18(24)9-7-16)26-23(30)21-22(17-10-12-25-13-11-17)29(28-27-21)19-4-3-5-20(14-19)31-2/h3-15H,1-2H3,(H,26,30). The minimum atomic E-state index is -0.391. The predicted molar refractivity (Wildman–Crippen MR) is 113 cm³/mol. The molecule has 31 heavy (non-hydrogen) atoms. The van der Waals surface area contributed by atoms with E-state index in [0.29, 0.717) is 17.1 Å². The maximum atomic E-state index is 13.2. The summed E-state index contributed by atoms with van der Waals surface area (Å²) in [4.78, 5) is 17.2. The molecule has 1 unspecified atom stereocenters. The molecule has 0 radical (unpaired) electrons. The number of nitrogens with one attached hydrogen (secondary N) is 1. The Bertz CT molecular complexity index is 1190. The van der Waals surface area contributed by atoms with E-state index in [2.05, 4.69) is 20.6 Å². The molecule has 2 heterocycles. The summed E-state index contributed by atoms with van der Waals surface area (Å²) >= 11 is 0. The molecule has 0 aliphatic heterocycles. The molecule has 156 valence electrons. The molecule has 2 aromatic heterocycles. The molecule has 0 aliphatic carbocycles. The Hall–Kier alpha value is -4.07. The van der Waals surface area contributed by atoms with E-state index in [1.54, 1.807) is 48.5 Å². The SMILES string of the molecule is COc1cccc(-n2nnc(C(=O)NC(C)c3ccc(F)cc3)c2-c2ccncc2)c1. The lowest BCUT2D eigenvalue weighted by atomic mass is 10.1. The van der Waals surface area contributed by atoms with Crippen LogP contribution in [-0.2, 0) is 0 Å². The number of carbonyl (C=O) groups is 1. The van der Waals surface area contributed by atoms with Crippen molar-refractivity contribution in [1.29, 1.82) is 0 Å². The summed E-state index contributed by atoms with van der Waals surface area (Å²) in [5.74, 6) is -0.0640. The molecular weight excluding hydrogens is 397 g/mol. The minimum Gasteiger partial charge on any atom is -0.497 e. The van der Waals surface area contributed by atoms with Gasteiger partial charge in [-0.3, -0.25) is 9.78 Å². The second-order valence-electron chi connectivity index (χ2n) is 6.88. The summed E-state index contributed by atoms with van der Waals surface area (Å²) in [6, 6.07) is 16.5. The van der Waals surface area contributed by atoms with Crippen LogP contribution >= 0.6 is 0 Å². The smallest absolute Gasteiger partial charge is 0.274 e. The van der Waals surface area contributed by atoms with E-state index in [9.17, 15) is 9.18 Å². The van der Waals surface area contributed by atoms with E-state index in [0.717, 1.165) is 11.1 Å². The van der Waals surface area contributed by atoms with Gasteiger partial charge in [0.15, 0.2) is 5.69 Å². The number of amides is 1. The molecule has 0 saturated heterocycles. The van der Waals surface area contributed by atoms with Crippen LogP contribution in [0.4, 0.5) is 4.39 Å². The summed E-state index contributed by atoms with van der Waals surface area (Å²) < 4.78 is 20.1. The van der Waals surface area contributed by atoms with Crippen molar-refractivity contribution in [2.75, 3.05) is 7.11 Å². The zero-order valence-electron chi connectivity index (χ0n) is 17.0. The van der Waals surface area contributed by atoms with Gasteiger partial charge < -0.3 is 10.1 Å². The van der Waals surface area contributed by atoms with Crippen LogP contribution in [0, 0.1) is 5.82 Å². The second kappa shape index (κ2) is 8.74. The average Bonchev–Trinajstić information content (AvgIpc) is 3.25. The lowest BCUT2D eigenvalue weighted by Crippen LogP contribution is -2.27. The molecule has 8 heteroatoms. The molecular formula is C23H20FN5O2. The van der Waals surface area contributed by atoms with Gasteiger partial charge in [0.25, 0.3) is 5.91 Å². The summed E-state index contributed by atoms with van der Waals surface area (Å²) in [7, 11) is 1.58. The molecule has 1 N–H and O–H groups in total. The van der Waals surface area contributed by atoms with Gasteiger partial charge in [-0.25, -0.2) is 9.07 Å². The number of rotatable bonds is 6. The first-order valence-electron chi connectivity index (χ1n) is 9.63. The van der Waals surface area contributed by atoms with Crippen molar-refractivity contribution in [2.24, 2.45) is 0 Å². The number of nitrogens with zero attached hydrogens (tertiary/aromatic N) is 4. The third-order valence-electron chi connectivity index (χ3n) is 4.85. The monoisotopic (exact) mass is 417 g/mol. The number of ether oxygens (including phenoxy) is 1. The summed E-state index contributed by atoms with van der Waals surface area (Å²) in [6.07, 6.45) is 3.28. The van der Waals surface area contributed by atoms with Gasteiger partial charge in [-0.2, -0.15) is 0 Å². The zero-order valence-corrected chi connectivity index (χ0v) is 17.0. The van der Waals surface area contributed by atoms with Crippen molar-refractivity contribution in [1.82, 2.24) is 25.3 Å². The fourth-order valence-corrected chi connectivity index (χ4v) is 3.23. The molecule has 4 aromatic rings. The number of halogens is 1. The van der Waals surface area contributed by atoms with Crippen LogP contribution in [0.5, 0.6) is 5.75 Å². The highest BCUT2D eigenvalue weighted by molar-refractivity contribution is 5.98. The van der Waals surface area contributed by atoms with Crippen LogP contribution in [0.25, 0.3) is 16.9 Å². The Morgan fingerprint density at radius 2 is 1.84 bits per heavy atom. The average molecular weight is 417 g/mol. The lowest BCUT2D eigenvalue weighted by molar-refractivity contribution is 0.0935. The van der Waals surface area contributed by atoms with E-state index in [4.69, 9.17) is 4.74 Å². The van der Waals surface area contributed by atoms with Gasteiger partial charge in [-0.15, -0.1) is 5.10 Å². The highest BCUT2D eigenvalue weighted by Crippen LogP contribution is 2.27. The van der Waals surface area contributed by atoms with Gasteiger partial charge in [0, 0.05) is 24.0 Å². The second-order valence-corrected chi connectivity index (χ2v) is 6.88. The first-order valence-corrected chi connectivity index (χ1v) is 9.63. The molecule has 0 aliphatic rings. The third kappa shape index (κ3) is 4.28. The number of methoxy groups -OCH3 is 1. The molecule has 4 rings (SSSR count). The quantitative estimate of drug-likeness (QED) is 0.513. The van der Waals surface area contributed by atoms with Gasteiger partial charge in [0.2, 0.25) is 0 Å². The highest BCUT2D eigenvalue weighted by Gasteiger charge is 2.23. The van der Waals surface area contributed by atoms with Crippen LogP contribution in [0.3, 0.4) is 0 Å². The Balaban J connectivity index is 1.73. The van der Waals surface area contributed by atoms with Gasteiger partial charge in [0.1, 0.15) is 17.3 Å². The number of aromatic nitrogens is 4. The summed E-state index contributed by atoms with van der Waals surface area (Å²) in [6.45, 7) is 1.82. The lowest BCUT2D eigenvalue weighted by Gasteiger charge is -2.14. The highest BCUT2D eigenvalue weighted by atomic mass is 19.1. The van der Waals surface area contributed by atoms with Crippen molar-refractivity contribution < 1.29 is 13.9 Å². The Morgan fingerprint density at radius 3 is 2.55 bits per heavy atom. The molecule has 1 amide bonds. The van der Waals surface area contributed by atoms with Crippen molar-refractivity contribution >= 4 is 5.91 Å². The molecule has 0 fully saturated rings. The topological polar surface area (TPSA) is 81.9 Å². The van der Waals surface area contributed by atoms with Crippen molar-refractivity contribution in [3.05, 3.63) is 90.1 Å². The largest absolute Gasteiger partial charge is 0.497 e. The fraction of sp³-hybridized carbons (Fsp3) is 0.130. The molecule has 7 nitrogen and oxygen atoms in total. The van der Waals surface area contributed by atoms with Gasteiger partial charge in [0.05, 0.1) is 18.8 Å². The van der Waals surface area contributed by atoms with Gasteiger partial charge >= 0.3 is 0 Å². The van der Waals surface area contributed by atoms with Crippen LogP contribution < -0.4 is 10.1 Å². The van der Waals surface area contributed by atoms with Crippen LogP contribution in [0.2, 0.25) is 0 Å². The zero-order chi connectivity index (χ0) is 21.8. The van der Waals surface area contributed by atoms with Crippen molar-refractivity contribution in [3.63, 3.8) is 0 Å². The van der Waals surface area contributed by atoms with E-state index in [-0.39, 0.29) is 17.6 Å².